The largest absolute Gasteiger partial charge is 0.481 e. The summed E-state index contributed by atoms with van der Waals surface area (Å²) < 4.78 is 5.23. The number of benzene rings is 3. The summed E-state index contributed by atoms with van der Waals surface area (Å²) in [5.74, 6) is -0.0928. The van der Waals surface area contributed by atoms with Gasteiger partial charge in [0.05, 0.1) is 22.8 Å². The SMILES string of the molecule is O=C1COc2cc([N+](=O)[O-])c(NCC(O)c3ccc(-c4ccccc4)cc3)cc2N1. The van der Waals surface area contributed by atoms with Crippen LogP contribution in [0.3, 0.4) is 0 Å². The van der Waals surface area contributed by atoms with Crippen molar-refractivity contribution in [2.24, 2.45) is 0 Å². The van der Waals surface area contributed by atoms with Crippen LogP contribution >= 0.6 is 0 Å². The molecule has 0 bridgehead atoms. The van der Waals surface area contributed by atoms with Crippen molar-refractivity contribution in [2.45, 2.75) is 6.10 Å². The summed E-state index contributed by atoms with van der Waals surface area (Å²) in [6.07, 6.45) is -0.878. The molecule has 3 N–H and O–H groups in total. The number of anilines is 2. The number of carbonyl (C=O) groups is 1. The Morgan fingerprint density at radius 2 is 1.80 bits per heavy atom. The first-order chi connectivity index (χ1) is 14.5. The van der Waals surface area contributed by atoms with Crippen LogP contribution in [0.15, 0.2) is 66.7 Å². The summed E-state index contributed by atoms with van der Waals surface area (Å²) in [5, 5.41) is 27.5. The van der Waals surface area contributed by atoms with Gasteiger partial charge in [-0.1, -0.05) is 54.6 Å². The molecule has 152 valence electrons. The van der Waals surface area contributed by atoms with E-state index in [1.807, 2.05) is 54.6 Å². The number of fused-ring (bicyclic) bond motifs is 1. The Hall–Kier alpha value is -3.91. The summed E-state index contributed by atoms with van der Waals surface area (Å²) in [4.78, 5) is 22.4. The van der Waals surface area contributed by atoms with Crippen LogP contribution in [0, 0.1) is 10.1 Å². The fourth-order valence-corrected chi connectivity index (χ4v) is 3.26. The summed E-state index contributed by atoms with van der Waals surface area (Å²) in [7, 11) is 0. The minimum atomic E-state index is -0.878. The summed E-state index contributed by atoms with van der Waals surface area (Å²) in [6.45, 7) is -0.131. The van der Waals surface area contributed by atoms with E-state index in [0.29, 0.717) is 11.3 Å². The zero-order valence-electron chi connectivity index (χ0n) is 15.9. The normalized spacial score (nSPS) is 13.6. The number of nitro benzene ring substituents is 1. The minimum Gasteiger partial charge on any atom is -0.481 e. The molecule has 1 unspecified atom stereocenters. The van der Waals surface area contributed by atoms with Crippen LogP contribution in [0.2, 0.25) is 0 Å². The van der Waals surface area contributed by atoms with Crippen molar-refractivity contribution in [2.75, 3.05) is 23.8 Å². The molecule has 0 aromatic heterocycles. The fraction of sp³-hybridized carbons (Fsp3) is 0.136. The highest BCUT2D eigenvalue weighted by molar-refractivity contribution is 5.96. The van der Waals surface area contributed by atoms with Gasteiger partial charge < -0.3 is 20.5 Å². The molecule has 4 rings (SSSR count). The van der Waals surface area contributed by atoms with Gasteiger partial charge in [-0.3, -0.25) is 14.9 Å². The number of amides is 1. The number of ether oxygens (including phenoxy) is 1. The van der Waals surface area contributed by atoms with E-state index in [1.165, 1.54) is 12.1 Å². The second kappa shape index (κ2) is 8.22. The average molecular weight is 405 g/mol. The third kappa shape index (κ3) is 4.08. The molecule has 1 atom stereocenters. The van der Waals surface area contributed by atoms with Crippen molar-refractivity contribution >= 4 is 23.0 Å². The number of nitrogens with zero attached hydrogens (tertiary/aromatic N) is 1. The van der Waals surface area contributed by atoms with E-state index in [0.717, 1.165) is 11.1 Å². The molecule has 1 amide bonds. The smallest absolute Gasteiger partial charge is 0.296 e. The lowest BCUT2D eigenvalue weighted by Gasteiger charge is -2.20. The molecule has 0 aliphatic carbocycles. The highest BCUT2D eigenvalue weighted by atomic mass is 16.6. The number of nitrogens with one attached hydrogen (secondary N) is 2. The number of hydrogen-bond donors (Lipinski definition) is 3. The molecule has 0 spiro atoms. The number of aliphatic hydroxyl groups excluding tert-OH is 1. The third-order valence-corrected chi connectivity index (χ3v) is 4.82. The van der Waals surface area contributed by atoms with Gasteiger partial charge in [0, 0.05) is 6.54 Å². The maximum atomic E-state index is 11.5. The van der Waals surface area contributed by atoms with E-state index in [4.69, 9.17) is 4.74 Å². The molecule has 0 fully saturated rings. The predicted molar refractivity (Wildman–Crippen MR) is 113 cm³/mol. The first-order valence-electron chi connectivity index (χ1n) is 9.33. The molecule has 0 radical (unpaired) electrons. The Kier molecular flexibility index (Phi) is 5.32. The van der Waals surface area contributed by atoms with Crippen LogP contribution in [-0.2, 0) is 4.79 Å². The molecule has 8 heteroatoms. The Morgan fingerprint density at radius 3 is 2.50 bits per heavy atom. The van der Waals surface area contributed by atoms with Gasteiger partial charge in [0.1, 0.15) is 5.69 Å². The van der Waals surface area contributed by atoms with Gasteiger partial charge in [-0.25, -0.2) is 0 Å². The van der Waals surface area contributed by atoms with Crippen molar-refractivity contribution in [3.05, 3.63) is 82.4 Å². The van der Waals surface area contributed by atoms with Gasteiger partial charge >= 0.3 is 0 Å². The van der Waals surface area contributed by atoms with Crippen molar-refractivity contribution in [1.82, 2.24) is 0 Å². The molecule has 8 nitrogen and oxygen atoms in total. The van der Waals surface area contributed by atoms with Crippen LogP contribution < -0.4 is 15.4 Å². The number of hydrogen-bond acceptors (Lipinski definition) is 6. The summed E-state index contributed by atoms with van der Waals surface area (Å²) in [6, 6.07) is 20.1. The van der Waals surface area contributed by atoms with Gasteiger partial charge in [0.15, 0.2) is 12.4 Å². The monoisotopic (exact) mass is 405 g/mol. The first kappa shape index (κ1) is 19.4. The Morgan fingerprint density at radius 1 is 1.10 bits per heavy atom. The molecular formula is C22H19N3O5. The first-order valence-corrected chi connectivity index (χ1v) is 9.33. The highest BCUT2D eigenvalue weighted by Gasteiger charge is 2.24. The Bertz CT molecular complexity index is 1080. The molecule has 30 heavy (non-hydrogen) atoms. The van der Waals surface area contributed by atoms with Crippen molar-refractivity contribution in [1.29, 1.82) is 0 Å². The second-order valence-corrected chi connectivity index (χ2v) is 6.84. The topological polar surface area (TPSA) is 114 Å². The fourth-order valence-electron chi connectivity index (χ4n) is 3.26. The van der Waals surface area contributed by atoms with Gasteiger partial charge in [-0.05, 0) is 22.8 Å². The van der Waals surface area contributed by atoms with Gasteiger partial charge in [-0.15, -0.1) is 0 Å². The summed E-state index contributed by atoms with van der Waals surface area (Å²) >= 11 is 0. The van der Waals surface area contributed by atoms with Gasteiger partial charge in [0.25, 0.3) is 11.6 Å². The van der Waals surface area contributed by atoms with E-state index >= 15 is 0 Å². The number of carbonyl (C=O) groups excluding carboxylic acids is 1. The molecule has 1 aliphatic heterocycles. The maximum Gasteiger partial charge on any atom is 0.296 e. The Balaban J connectivity index is 1.49. The van der Waals surface area contributed by atoms with E-state index in [2.05, 4.69) is 10.6 Å². The van der Waals surface area contributed by atoms with E-state index in [9.17, 15) is 20.0 Å². The van der Waals surface area contributed by atoms with Gasteiger partial charge in [0.2, 0.25) is 0 Å². The quantitative estimate of drug-likeness (QED) is 0.425. The van der Waals surface area contributed by atoms with E-state index < -0.39 is 11.0 Å². The van der Waals surface area contributed by atoms with Crippen LogP contribution in [-0.4, -0.2) is 29.1 Å². The second-order valence-electron chi connectivity index (χ2n) is 6.84. The predicted octanol–water partition coefficient (Wildman–Crippen LogP) is 3.74. The summed E-state index contributed by atoms with van der Waals surface area (Å²) in [5.41, 5.74) is 3.12. The molecule has 0 saturated carbocycles. The molecule has 3 aromatic rings. The number of aliphatic hydroxyl groups is 1. The number of rotatable bonds is 6. The van der Waals surface area contributed by atoms with E-state index in [1.54, 1.807) is 0 Å². The van der Waals surface area contributed by atoms with Crippen LogP contribution in [0.5, 0.6) is 5.75 Å². The lowest BCUT2D eigenvalue weighted by Crippen LogP contribution is -2.25. The third-order valence-electron chi connectivity index (χ3n) is 4.82. The molecule has 0 saturated heterocycles. The van der Waals surface area contributed by atoms with Crippen molar-refractivity contribution < 1.29 is 19.6 Å². The Labute approximate surface area is 172 Å². The lowest BCUT2D eigenvalue weighted by molar-refractivity contribution is -0.384. The number of nitro groups is 1. The lowest BCUT2D eigenvalue weighted by atomic mass is 10.0. The minimum absolute atomic E-state index is 0.0547. The zero-order valence-corrected chi connectivity index (χ0v) is 15.9. The van der Waals surface area contributed by atoms with Crippen molar-refractivity contribution in [3.8, 4) is 16.9 Å². The van der Waals surface area contributed by atoms with Crippen molar-refractivity contribution in [3.63, 3.8) is 0 Å². The molecular weight excluding hydrogens is 386 g/mol. The molecule has 1 aliphatic rings. The van der Waals surface area contributed by atoms with Crippen LogP contribution in [0.4, 0.5) is 17.1 Å². The molecule has 1 heterocycles. The standard InChI is InChI=1S/C22H19N3O5/c26-20(16-8-6-15(7-9-16)14-4-2-1-3-5-14)12-23-17-10-18-21(11-19(17)25(28)29)30-13-22(27)24-18/h1-11,20,23,26H,12-13H2,(H,24,27). The molecule has 3 aromatic carbocycles. The zero-order chi connectivity index (χ0) is 21.1. The van der Waals surface area contributed by atoms with E-state index in [-0.39, 0.29) is 36.2 Å². The highest BCUT2D eigenvalue weighted by Crippen LogP contribution is 2.38. The van der Waals surface area contributed by atoms with Crippen LogP contribution in [0.1, 0.15) is 11.7 Å². The maximum absolute atomic E-state index is 11.5. The average Bonchev–Trinajstić information content (AvgIpc) is 2.77. The van der Waals surface area contributed by atoms with Crippen LogP contribution in [0.25, 0.3) is 11.1 Å². The van der Waals surface area contributed by atoms with Gasteiger partial charge in [-0.2, -0.15) is 0 Å².